The molecule has 0 saturated heterocycles. The summed E-state index contributed by atoms with van der Waals surface area (Å²) in [6.45, 7) is 5.85. The molecule has 1 aromatic heterocycles. The van der Waals surface area contributed by atoms with Crippen molar-refractivity contribution in [3.63, 3.8) is 0 Å². The first-order chi connectivity index (χ1) is 14.3. The number of anilines is 1. The van der Waals surface area contributed by atoms with E-state index >= 15 is 0 Å². The van der Waals surface area contributed by atoms with E-state index in [1.807, 2.05) is 37.6 Å². The molecule has 0 spiro atoms. The van der Waals surface area contributed by atoms with E-state index in [4.69, 9.17) is 4.74 Å². The summed E-state index contributed by atoms with van der Waals surface area (Å²) in [7, 11) is 1.85. The highest BCUT2D eigenvalue weighted by molar-refractivity contribution is 7.99. The Bertz CT molecular complexity index is 1040. The van der Waals surface area contributed by atoms with E-state index in [1.165, 1.54) is 18.7 Å². The van der Waals surface area contributed by atoms with Crippen molar-refractivity contribution in [1.29, 1.82) is 0 Å². The average Bonchev–Trinajstić information content (AvgIpc) is 3.04. The predicted molar refractivity (Wildman–Crippen MR) is 117 cm³/mol. The maximum atomic E-state index is 12.2. The van der Waals surface area contributed by atoms with E-state index < -0.39 is 0 Å². The third-order valence-corrected chi connectivity index (χ3v) is 5.42. The van der Waals surface area contributed by atoms with Gasteiger partial charge in [-0.15, -0.1) is 10.2 Å². The number of hydrogen-bond acceptors (Lipinski definition) is 6. The molecule has 0 aliphatic heterocycles. The second-order valence-corrected chi connectivity index (χ2v) is 7.98. The molecular formula is C22H24N4O3S. The summed E-state index contributed by atoms with van der Waals surface area (Å²) < 4.78 is 7.66. The first-order valence-electron chi connectivity index (χ1n) is 9.45. The summed E-state index contributed by atoms with van der Waals surface area (Å²) in [5.74, 6) is 1.49. The number of nitrogens with zero attached hydrogens (tertiary/aromatic N) is 3. The van der Waals surface area contributed by atoms with Crippen LogP contribution >= 0.6 is 11.8 Å². The van der Waals surface area contributed by atoms with E-state index in [0.717, 1.165) is 16.9 Å². The second kappa shape index (κ2) is 9.58. The molecule has 3 rings (SSSR count). The molecule has 0 aliphatic carbocycles. The van der Waals surface area contributed by atoms with Crippen LogP contribution in [-0.2, 0) is 18.4 Å². The lowest BCUT2D eigenvalue weighted by Gasteiger charge is -2.08. The number of amides is 1. The summed E-state index contributed by atoms with van der Waals surface area (Å²) in [4.78, 5) is 23.5. The van der Waals surface area contributed by atoms with Crippen LogP contribution in [0.4, 0.5) is 5.69 Å². The smallest absolute Gasteiger partial charge is 0.234 e. The van der Waals surface area contributed by atoms with Crippen molar-refractivity contribution < 1.29 is 14.3 Å². The number of rotatable bonds is 8. The number of aryl methyl sites for hydroxylation is 2. The molecule has 0 radical (unpaired) electrons. The van der Waals surface area contributed by atoms with Gasteiger partial charge in [-0.1, -0.05) is 17.8 Å². The monoisotopic (exact) mass is 424 g/mol. The predicted octanol–water partition coefficient (Wildman–Crippen LogP) is 3.94. The Morgan fingerprint density at radius 3 is 2.37 bits per heavy atom. The van der Waals surface area contributed by atoms with Gasteiger partial charge in [-0.2, -0.15) is 0 Å². The van der Waals surface area contributed by atoms with E-state index in [1.54, 1.807) is 24.3 Å². The van der Waals surface area contributed by atoms with Gasteiger partial charge in [-0.25, -0.2) is 0 Å². The maximum absolute atomic E-state index is 12.2. The SMILES string of the molecule is CC(=O)c1ccc(NC(=O)CSc2nnc(COc3cc(C)cc(C)c3)n2C)cc1. The minimum Gasteiger partial charge on any atom is -0.486 e. The molecule has 0 unspecified atom stereocenters. The number of hydrogen-bond donors (Lipinski definition) is 1. The highest BCUT2D eigenvalue weighted by Gasteiger charge is 2.12. The molecule has 7 nitrogen and oxygen atoms in total. The van der Waals surface area contributed by atoms with Crippen molar-refractivity contribution >= 4 is 29.1 Å². The molecule has 3 aromatic rings. The normalized spacial score (nSPS) is 10.7. The summed E-state index contributed by atoms with van der Waals surface area (Å²) in [6, 6.07) is 12.9. The highest BCUT2D eigenvalue weighted by atomic mass is 32.2. The van der Waals surface area contributed by atoms with Gasteiger partial charge >= 0.3 is 0 Å². The molecule has 0 fully saturated rings. The van der Waals surface area contributed by atoms with E-state index in [0.29, 0.717) is 28.8 Å². The number of benzene rings is 2. The van der Waals surface area contributed by atoms with E-state index in [-0.39, 0.29) is 17.4 Å². The Labute approximate surface area is 179 Å². The summed E-state index contributed by atoms with van der Waals surface area (Å²) >= 11 is 1.30. The summed E-state index contributed by atoms with van der Waals surface area (Å²) in [5, 5.41) is 11.8. The van der Waals surface area contributed by atoms with Crippen LogP contribution in [0.2, 0.25) is 0 Å². The van der Waals surface area contributed by atoms with Crippen molar-refractivity contribution in [2.24, 2.45) is 7.05 Å². The fraction of sp³-hybridized carbons (Fsp3) is 0.273. The Morgan fingerprint density at radius 2 is 1.73 bits per heavy atom. The van der Waals surface area contributed by atoms with E-state index in [9.17, 15) is 9.59 Å². The lowest BCUT2D eigenvalue weighted by molar-refractivity contribution is -0.113. The Balaban J connectivity index is 1.53. The van der Waals surface area contributed by atoms with Crippen molar-refractivity contribution in [2.75, 3.05) is 11.1 Å². The third kappa shape index (κ3) is 5.70. The van der Waals surface area contributed by atoms with Crippen LogP contribution in [0.3, 0.4) is 0 Å². The largest absolute Gasteiger partial charge is 0.486 e. The third-order valence-electron chi connectivity index (χ3n) is 4.40. The van der Waals surface area contributed by atoms with E-state index in [2.05, 4.69) is 21.6 Å². The van der Waals surface area contributed by atoms with Gasteiger partial charge in [0, 0.05) is 18.3 Å². The molecule has 0 saturated carbocycles. The van der Waals surface area contributed by atoms with Crippen molar-refractivity contribution in [3.05, 3.63) is 65.0 Å². The number of Topliss-reactive ketones (excluding diaryl/α,β-unsaturated/α-hetero) is 1. The Hall–Kier alpha value is -3.13. The van der Waals surface area contributed by atoms with Crippen LogP contribution in [0.15, 0.2) is 47.6 Å². The van der Waals surface area contributed by atoms with Crippen LogP contribution in [0.25, 0.3) is 0 Å². The van der Waals surface area contributed by atoms with Gasteiger partial charge in [-0.05, 0) is 68.3 Å². The van der Waals surface area contributed by atoms with Crippen LogP contribution in [0, 0.1) is 13.8 Å². The quantitative estimate of drug-likeness (QED) is 0.435. The molecule has 2 aromatic carbocycles. The van der Waals surface area contributed by atoms with Crippen LogP contribution in [-0.4, -0.2) is 32.2 Å². The van der Waals surface area contributed by atoms with Crippen molar-refractivity contribution in [2.45, 2.75) is 32.5 Å². The van der Waals surface area contributed by atoms with Gasteiger partial charge in [0.15, 0.2) is 16.8 Å². The number of ketones is 1. The molecular weight excluding hydrogens is 400 g/mol. The zero-order valence-electron chi connectivity index (χ0n) is 17.4. The zero-order chi connectivity index (χ0) is 21.7. The minimum atomic E-state index is -0.161. The maximum Gasteiger partial charge on any atom is 0.234 e. The minimum absolute atomic E-state index is 0.0111. The fourth-order valence-corrected chi connectivity index (χ4v) is 3.61. The molecule has 156 valence electrons. The fourth-order valence-electron chi connectivity index (χ4n) is 2.88. The Morgan fingerprint density at radius 1 is 1.07 bits per heavy atom. The second-order valence-electron chi connectivity index (χ2n) is 7.04. The lowest BCUT2D eigenvalue weighted by atomic mass is 10.1. The zero-order valence-corrected chi connectivity index (χ0v) is 18.2. The number of carbonyl (C=O) groups excluding carboxylic acids is 2. The molecule has 0 atom stereocenters. The lowest BCUT2D eigenvalue weighted by Crippen LogP contribution is -2.14. The van der Waals surface area contributed by atoms with Gasteiger partial charge in [-0.3, -0.25) is 9.59 Å². The van der Waals surface area contributed by atoms with Gasteiger partial charge in [0.2, 0.25) is 5.91 Å². The van der Waals surface area contributed by atoms with Gasteiger partial charge in [0.25, 0.3) is 0 Å². The molecule has 30 heavy (non-hydrogen) atoms. The van der Waals surface area contributed by atoms with Crippen LogP contribution < -0.4 is 10.1 Å². The number of ether oxygens (including phenoxy) is 1. The number of aromatic nitrogens is 3. The van der Waals surface area contributed by atoms with Crippen molar-refractivity contribution in [1.82, 2.24) is 14.8 Å². The standard InChI is InChI=1S/C22H24N4O3S/c1-14-9-15(2)11-19(10-14)29-12-20-24-25-22(26(20)4)30-13-21(28)23-18-7-5-17(6-8-18)16(3)27/h5-11H,12-13H2,1-4H3,(H,23,28). The van der Waals surface area contributed by atoms with Crippen LogP contribution in [0.5, 0.6) is 5.75 Å². The summed E-state index contributed by atoms with van der Waals surface area (Å²) in [6.07, 6.45) is 0. The number of carbonyl (C=O) groups is 2. The average molecular weight is 425 g/mol. The first-order valence-corrected chi connectivity index (χ1v) is 10.4. The highest BCUT2D eigenvalue weighted by Crippen LogP contribution is 2.20. The molecule has 1 N–H and O–H groups in total. The van der Waals surface area contributed by atoms with Gasteiger partial charge < -0.3 is 14.6 Å². The van der Waals surface area contributed by atoms with Crippen molar-refractivity contribution in [3.8, 4) is 5.75 Å². The molecule has 0 aliphatic rings. The van der Waals surface area contributed by atoms with Gasteiger partial charge in [0.1, 0.15) is 12.4 Å². The molecule has 1 heterocycles. The van der Waals surface area contributed by atoms with Crippen LogP contribution in [0.1, 0.15) is 34.2 Å². The Kier molecular flexibility index (Phi) is 6.89. The molecule has 1 amide bonds. The summed E-state index contributed by atoms with van der Waals surface area (Å²) in [5.41, 5.74) is 3.53. The first kappa shape index (κ1) is 21.6. The number of nitrogens with one attached hydrogen (secondary N) is 1. The van der Waals surface area contributed by atoms with Gasteiger partial charge in [0.05, 0.1) is 5.75 Å². The molecule has 0 bridgehead atoms. The molecule has 8 heteroatoms. The topological polar surface area (TPSA) is 86.1 Å². The number of thioether (sulfide) groups is 1.